The second-order valence-electron chi connectivity index (χ2n) is 5.56. The van der Waals surface area contributed by atoms with Gasteiger partial charge in [0.15, 0.2) is 0 Å². The maximum Gasteiger partial charge on any atom is 0.272 e. The van der Waals surface area contributed by atoms with Gasteiger partial charge >= 0.3 is 0 Å². The van der Waals surface area contributed by atoms with Crippen LogP contribution in [0.15, 0.2) is 6.07 Å². The van der Waals surface area contributed by atoms with Crippen molar-refractivity contribution in [2.75, 3.05) is 26.4 Å². The maximum absolute atomic E-state index is 12.2. The molecule has 2 heterocycles. The average Bonchev–Trinajstić information content (AvgIpc) is 3.23. The van der Waals surface area contributed by atoms with E-state index in [0.717, 1.165) is 18.5 Å². The van der Waals surface area contributed by atoms with Gasteiger partial charge in [0.1, 0.15) is 5.69 Å². The number of aliphatic hydroxyl groups is 1. The van der Waals surface area contributed by atoms with Crippen LogP contribution < -0.4 is 5.32 Å². The molecule has 21 heavy (non-hydrogen) atoms. The van der Waals surface area contributed by atoms with E-state index in [4.69, 9.17) is 14.6 Å². The third-order valence-electron chi connectivity index (χ3n) is 3.88. The predicted octanol–water partition coefficient (Wildman–Crippen LogP) is 0.183. The van der Waals surface area contributed by atoms with Crippen LogP contribution in [0.2, 0.25) is 0 Å². The van der Waals surface area contributed by atoms with Crippen molar-refractivity contribution in [2.45, 2.75) is 37.3 Å². The van der Waals surface area contributed by atoms with Gasteiger partial charge in [-0.15, -0.1) is 0 Å². The average molecular weight is 295 g/mol. The zero-order valence-corrected chi connectivity index (χ0v) is 11.9. The van der Waals surface area contributed by atoms with Crippen LogP contribution in [0, 0.1) is 0 Å². The molecule has 0 radical (unpaired) electrons. The minimum Gasteiger partial charge on any atom is -0.394 e. The molecule has 2 fully saturated rings. The number of nitrogens with one attached hydrogen (secondary N) is 2. The molecule has 116 valence electrons. The van der Waals surface area contributed by atoms with Crippen molar-refractivity contribution in [3.63, 3.8) is 0 Å². The quantitative estimate of drug-likeness (QED) is 0.696. The summed E-state index contributed by atoms with van der Waals surface area (Å²) in [6, 6.07) is 1.61. The summed E-state index contributed by atoms with van der Waals surface area (Å²) in [4.78, 5) is 12.2. The molecule has 0 bridgehead atoms. The number of nitrogens with zero attached hydrogens (tertiary/aromatic N) is 1. The smallest absolute Gasteiger partial charge is 0.272 e. The van der Waals surface area contributed by atoms with Crippen LogP contribution in [0.5, 0.6) is 0 Å². The molecule has 1 aromatic heterocycles. The number of aromatic amines is 1. The highest BCUT2D eigenvalue weighted by molar-refractivity contribution is 5.92. The summed E-state index contributed by atoms with van der Waals surface area (Å²) in [5.41, 5.74) is 1.44. The highest BCUT2D eigenvalue weighted by Gasteiger charge is 2.30. The molecule has 0 spiro atoms. The highest BCUT2D eigenvalue weighted by Crippen LogP contribution is 2.38. The molecule has 1 aliphatic heterocycles. The predicted molar refractivity (Wildman–Crippen MR) is 74.1 cm³/mol. The number of H-pyrrole nitrogens is 1. The van der Waals surface area contributed by atoms with Gasteiger partial charge in [0.05, 0.1) is 32.0 Å². The molecule has 0 unspecified atom stereocenters. The summed E-state index contributed by atoms with van der Waals surface area (Å²) >= 11 is 0. The van der Waals surface area contributed by atoms with E-state index >= 15 is 0 Å². The van der Waals surface area contributed by atoms with Crippen molar-refractivity contribution in [2.24, 2.45) is 0 Å². The molecule has 7 nitrogen and oxygen atoms in total. The number of hydrogen-bond donors (Lipinski definition) is 3. The molecule has 7 heteroatoms. The molecule has 1 aliphatic carbocycles. The number of hydrogen-bond acceptors (Lipinski definition) is 5. The lowest BCUT2D eigenvalue weighted by Gasteiger charge is -2.31. The lowest BCUT2D eigenvalue weighted by molar-refractivity contribution is -0.0612. The van der Waals surface area contributed by atoms with Crippen LogP contribution in [0.1, 0.15) is 41.4 Å². The monoisotopic (exact) mass is 295 g/mol. The van der Waals surface area contributed by atoms with E-state index in [0.29, 0.717) is 31.2 Å². The van der Waals surface area contributed by atoms with E-state index in [1.54, 1.807) is 0 Å². The molecule has 1 saturated carbocycles. The van der Waals surface area contributed by atoms with E-state index in [2.05, 4.69) is 15.5 Å². The first-order valence-corrected chi connectivity index (χ1v) is 7.44. The first-order valence-electron chi connectivity index (χ1n) is 7.44. The van der Waals surface area contributed by atoms with E-state index in [9.17, 15) is 4.79 Å². The molecule has 2 atom stereocenters. The number of aliphatic hydroxyl groups excluding tert-OH is 1. The number of rotatable bonds is 6. The Balaban J connectivity index is 1.58. The molecule has 0 aromatic carbocycles. The first kappa shape index (κ1) is 14.5. The van der Waals surface area contributed by atoms with E-state index < -0.39 is 0 Å². The molecule has 1 saturated heterocycles. The summed E-state index contributed by atoms with van der Waals surface area (Å²) in [6.45, 7) is 1.27. The zero-order valence-electron chi connectivity index (χ0n) is 11.9. The van der Waals surface area contributed by atoms with Crippen LogP contribution in [-0.2, 0) is 9.47 Å². The minimum absolute atomic E-state index is 0.0257. The van der Waals surface area contributed by atoms with Crippen molar-refractivity contribution >= 4 is 5.91 Å². The summed E-state index contributed by atoms with van der Waals surface area (Å²) in [5.74, 6) is 0.323. The Morgan fingerprint density at radius 3 is 3.14 bits per heavy atom. The Morgan fingerprint density at radius 2 is 2.38 bits per heavy atom. The zero-order chi connectivity index (χ0) is 14.7. The third-order valence-corrected chi connectivity index (χ3v) is 3.88. The Kier molecular flexibility index (Phi) is 4.52. The van der Waals surface area contributed by atoms with Crippen molar-refractivity contribution < 1.29 is 19.4 Å². The summed E-state index contributed by atoms with van der Waals surface area (Å²) in [5, 5.41) is 18.8. The molecule has 1 amide bonds. The Hall–Kier alpha value is -1.44. The SMILES string of the molecule is O=C(N[C@@H]1COCC[C@@H]1OCCO)c1cc(C2CC2)[nH]n1. The standard InChI is InChI=1S/C14H21N3O4/c18-4-6-21-13-3-5-20-8-12(13)15-14(19)11-7-10(16-17-11)9-1-2-9/h7,9,12-13,18H,1-6,8H2,(H,15,19)(H,16,17)/t12-,13+/m1/s1. The van der Waals surface area contributed by atoms with E-state index in [-0.39, 0.29) is 31.3 Å². The summed E-state index contributed by atoms with van der Waals surface area (Å²) in [7, 11) is 0. The maximum atomic E-state index is 12.2. The Bertz CT molecular complexity index is 486. The molecule has 1 aromatic rings. The number of carbonyl (C=O) groups excluding carboxylic acids is 1. The third kappa shape index (κ3) is 3.61. The van der Waals surface area contributed by atoms with Crippen molar-refractivity contribution in [3.8, 4) is 0 Å². The molecule has 3 rings (SSSR count). The van der Waals surface area contributed by atoms with E-state index in [1.807, 2.05) is 6.07 Å². The van der Waals surface area contributed by atoms with Gasteiger partial charge in [-0.2, -0.15) is 5.10 Å². The van der Waals surface area contributed by atoms with Crippen LogP contribution in [0.25, 0.3) is 0 Å². The Morgan fingerprint density at radius 1 is 1.52 bits per heavy atom. The molecular formula is C14H21N3O4. The lowest BCUT2D eigenvalue weighted by atomic mass is 10.1. The number of ether oxygens (including phenoxy) is 2. The van der Waals surface area contributed by atoms with Gasteiger partial charge in [0.25, 0.3) is 5.91 Å². The largest absolute Gasteiger partial charge is 0.394 e. The van der Waals surface area contributed by atoms with Crippen LogP contribution >= 0.6 is 0 Å². The molecular weight excluding hydrogens is 274 g/mol. The summed E-state index contributed by atoms with van der Waals surface area (Å²) < 4.78 is 11.0. The second-order valence-corrected chi connectivity index (χ2v) is 5.56. The van der Waals surface area contributed by atoms with Crippen LogP contribution in [-0.4, -0.2) is 59.8 Å². The fourth-order valence-electron chi connectivity index (χ4n) is 2.56. The molecule has 2 aliphatic rings. The van der Waals surface area contributed by atoms with Crippen LogP contribution in [0.4, 0.5) is 0 Å². The van der Waals surface area contributed by atoms with Crippen LogP contribution in [0.3, 0.4) is 0 Å². The fraction of sp³-hybridized carbons (Fsp3) is 0.714. The minimum atomic E-state index is -0.216. The number of amides is 1. The van der Waals surface area contributed by atoms with Gasteiger partial charge in [-0.3, -0.25) is 9.89 Å². The highest BCUT2D eigenvalue weighted by atomic mass is 16.5. The Labute approximate surface area is 123 Å². The lowest BCUT2D eigenvalue weighted by Crippen LogP contribution is -2.50. The normalized spacial score (nSPS) is 25.8. The number of carbonyl (C=O) groups is 1. The number of aromatic nitrogens is 2. The van der Waals surface area contributed by atoms with Crippen molar-refractivity contribution in [3.05, 3.63) is 17.5 Å². The van der Waals surface area contributed by atoms with Crippen molar-refractivity contribution in [1.82, 2.24) is 15.5 Å². The summed E-state index contributed by atoms with van der Waals surface area (Å²) in [6.07, 6.45) is 2.91. The topological polar surface area (TPSA) is 96.5 Å². The fourth-order valence-corrected chi connectivity index (χ4v) is 2.56. The van der Waals surface area contributed by atoms with Gasteiger partial charge < -0.3 is 19.9 Å². The second kappa shape index (κ2) is 6.55. The van der Waals surface area contributed by atoms with Gasteiger partial charge in [-0.05, 0) is 25.3 Å². The van der Waals surface area contributed by atoms with Gasteiger partial charge in [-0.1, -0.05) is 0 Å². The molecule has 3 N–H and O–H groups in total. The van der Waals surface area contributed by atoms with Crippen molar-refractivity contribution in [1.29, 1.82) is 0 Å². The van der Waals surface area contributed by atoms with Gasteiger partial charge in [0.2, 0.25) is 0 Å². The van der Waals surface area contributed by atoms with Gasteiger partial charge in [-0.25, -0.2) is 0 Å². The van der Waals surface area contributed by atoms with Gasteiger partial charge in [0, 0.05) is 18.2 Å². The van der Waals surface area contributed by atoms with E-state index in [1.165, 1.54) is 0 Å². The first-order chi connectivity index (χ1) is 10.3.